The van der Waals surface area contributed by atoms with Crippen LogP contribution < -0.4 is 0 Å². The highest BCUT2D eigenvalue weighted by Crippen LogP contribution is 2.36. The van der Waals surface area contributed by atoms with Gasteiger partial charge in [-0.15, -0.1) is 0 Å². The number of pyridine rings is 1. The SMILES string of the molecule is CCC[C@]1(CO)CCN(C(=O)CSc2cc(C)c3cc(C)ccc3n2)C[C@H]1O. The van der Waals surface area contributed by atoms with Crippen LogP contribution >= 0.6 is 11.8 Å². The third-order valence-corrected chi connectivity index (χ3v) is 6.78. The molecule has 28 heavy (non-hydrogen) atoms. The normalized spacial score (nSPS) is 22.6. The van der Waals surface area contributed by atoms with Gasteiger partial charge in [0.05, 0.1) is 29.0 Å². The molecule has 0 bridgehead atoms. The lowest BCUT2D eigenvalue weighted by molar-refractivity contribution is -0.139. The van der Waals surface area contributed by atoms with E-state index < -0.39 is 11.5 Å². The maximum Gasteiger partial charge on any atom is 0.233 e. The molecule has 2 atom stereocenters. The molecule has 2 aromatic rings. The van der Waals surface area contributed by atoms with Crippen LogP contribution in [0, 0.1) is 19.3 Å². The zero-order valence-corrected chi connectivity index (χ0v) is 17.8. The summed E-state index contributed by atoms with van der Waals surface area (Å²) in [6.07, 6.45) is 1.65. The van der Waals surface area contributed by atoms with E-state index in [-0.39, 0.29) is 12.5 Å². The van der Waals surface area contributed by atoms with E-state index in [1.165, 1.54) is 17.3 Å². The van der Waals surface area contributed by atoms with Crippen molar-refractivity contribution < 1.29 is 15.0 Å². The quantitative estimate of drug-likeness (QED) is 0.725. The van der Waals surface area contributed by atoms with Crippen molar-refractivity contribution in [2.24, 2.45) is 5.41 Å². The number of hydrogen-bond donors (Lipinski definition) is 2. The van der Waals surface area contributed by atoms with E-state index in [1.54, 1.807) is 4.90 Å². The van der Waals surface area contributed by atoms with E-state index in [2.05, 4.69) is 31.8 Å². The standard InChI is InChI=1S/C22H30N2O3S/c1-4-7-22(14-25)8-9-24(12-19(22)26)21(27)13-28-20-11-16(3)17-10-15(2)5-6-18(17)23-20/h5-6,10-11,19,25-26H,4,7-9,12-14H2,1-3H3/t19-,22-/m1/s1. The lowest BCUT2D eigenvalue weighted by Crippen LogP contribution is -2.54. The van der Waals surface area contributed by atoms with Crippen LogP contribution in [0.15, 0.2) is 29.3 Å². The summed E-state index contributed by atoms with van der Waals surface area (Å²) < 4.78 is 0. The van der Waals surface area contributed by atoms with Gasteiger partial charge in [0.15, 0.2) is 0 Å². The molecule has 6 heteroatoms. The lowest BCUT2D eigenvalue weighted by Gasteiger charge is -2.44. The molecule has 0 radical (unpaired) electrons. The monoisotopic (exact) mass is 402 g/mol. The Labute approximate surface area is 171 Å². The Balaban J connectivity index is 1.63. The average Bonchev–Trinajstić information content (AvgIpc) is 2.68. The number of thioether (sulfide) groups is 1. The molecular weight excluding hydrogens is 372 g/mol. The van der Waals surface area contributed by atoms with Gasteiger partial charge in [0.2, 0.25) is 5.91 Å². The Morgan fingerprint density at radius 2 is 2.14 bits per heavy atom. The number of β-amino-alcohol motifs (C(OH)–C–C–N with tert-alkyl or cyclic N) is 1. The van der Waals surface area contributed by atoms with Gasteiger partial charge in [0.25, 0.3) is 0 Å². The van der Waals surface area contributed by atoms with E-state index >= 15 is 0 Å². The predicted molar refractivity (Wildman–Crippen MR) is 114 cm³/mol. The first kappa shape index (κ1) is 21.1. The van der Waals surface area contributed by atoms with Gasteiger partial charge in [-0.2, -0.15) is 0 Å². The van der Waals surface area contributed by atoms with Crippen LogP contribution in [0.3, 0.4) is 0 Å². The highest BCUT2D eigenvalue weighted by Gasteiger charge is 2.42. The molecule has 1 aliphatic heterocycles. The second-order valence-corrected chi connectivity index (χ2v) is 8.96. The average molecular weight is 403 g/mol. The number of rotatable bonds is 6. The van der Waals surface area contributed by atoms with Crippen molar-refractivity contribution in [3.63, 3.8) is 0 Å². The largest absolute Gasteiger partial charge is 0.396 e. The zero-order chi connectivity index (χ0) is 20.3. The number of amides is 1. The summed E-state index contributed by atoms with van der Waals surface area (Å²) in [6, 6.07) is 8.23. The van der Waals surface area contributed by atoms with Gasteiger partial charge in [-0.3, -0.25) is 4.79 Å². The number of nitrogens with zero attached hydrogens (tertiary/aromatic N) is 2. The molecule has 1 aliphatic rings. The molecule has 0 spiro atoms. The van der Waals surface area contributed by atoms with Crippen LogP contribution in [0.2, 0.25) is 0 Å². The van der Waals surface area contributed by atoms with Crippen molar-refractivity contribution in [2.45, 2.75) is 51.2 Å². The van der Waals surface area contributed by atoms with E-state index in [1.807, 2.05) is 18.2 Å². The van der Waals surface area contributed by atoms with Gasteiger partial charge < -0.3 is 15.1 Å². The van der Waals surface area contributed by atoms with Crippen LogP contribution in [-0.4, -0.2) is 57.6 Å². The summed E-state index contributed by atoms with van der Waals surface area (Å²) in [5.41, 5.74) is 2.85. The van der Waals surface area contributed by atoms with Crippen molar-refractivity contribution in [1.29, 1.82) is 0 Å². The number of likely N-dealkylation sites (tertiary alicyclic amines) is 1. The molecular formula is C22H30N2O3S. The highest BCUT2D eigenvalue weighted by atomic mass is 32.2. The fourth-order valence-electron chi connectivity index (χ4n) is 4.08. The summed E-state index contributed by atoms with van der Waals surface area (Å²) >= 11 is 1.44. The first-order valence-electron chi connectivity index (χ1n) is 9.96. The minimum Gasteiger partial charge on any atom is -0.396 e. The molecule has 0 aliphatic carbocycles. The summed E-state index contributed by atoms with van der Waals surface area (Å²) in [5.74, 6) is 0.312. The summed E-state index contributed by atoms with van der Waals surface area (Å²) in [6.45, 7) is 7.04. The number of hydrogen-bond acceptors (Lipinski definition) is 5. The number of carbonyl (C=O) groups is 1. The minimum absolute atomic E-state index is 0.00976. The van der Waals surface area contributed by atoms with Crippen molar-refractivity contribution in [3.05, 3.63) is 35.4 Å². The Morgan fingerprint density at radius 3 is 2.82 bits per heavy atom. The number of benzene rings is 1. The van der Waals surface area contributed by atoms with Crippen molar-refractivity contribution in [3.8, 4) is 0 Å². The van der Waals surface area contributed by atoms with E-state index in [4.69, 9.17) is 0 Å². The fourth-order valence-corrected chi connectivity index (χ4v) is 4.95. The van der Waals surface area contributed by atoms with Crippen molar-refractivity contribution >= 4 is 28.6 Å². The maximum absolute atomic E-state index is 12.7. The number of fused-ring (bicyclic) bond motifs is 1. The highest BCUT2D eigenvalue weighted by molar-refractivity contribution is 7.99. The van der Waals surface area contributed by atoms with Gasteiger partial charge >= 0.3 is 0 Å². The number of aryl methyl sites for hydroxylation is 2. The van der Waals surface area contributed by atoms with Gasteiger partial charge in [-0.05, 0) is 50.5 Å². The molecule has 1 amide bonds. The van der Waals surface area contributed by atoms with Crippen molar-refractivity contribution in [2.75, 3.05) is 25.4 Å². The molecule has 0 unspecified atom stereocenters. The van der Waals surface area contributed by atoms with E-state index in [0.29, 0.717) is 25.3 Å². The number of aliphatic hydroxyl groups excluding tert-OH is 2. The molecule has 1 fully saturated rings. The molecule has 3 rings (SSSR count). The molecule has 2 N–H and O–H groups in total. The fraction of sp³-hybridized carbons (Fsp3) is 0.545. The third kappa shape index (κ3) is 4.34. The van der Waals surface area contributed by atoms with Gasteiger partial charge in [-0.1, -0.05) is 36.7 Å². The maximum atomic E-state index is 12.7. The Bertz CT molecular complexity index is 857. The minimum atomic E-state index is -0.676. The van der Waals surface area contributed by atoms with Crippen LogP contribution in [0.1, 0.15) is 37.3 Å². The number of carbonyl (C=O) groups excluding carboxylic acids is 1. The number of aromatic nitrogens is 1. The number of piperidine rings is 1. The molecule has 5 nitrogen and oxygen atoms in total. The summed E-state index contributed by atoms with van der Waals surface area (Å²) in [7, 11) is 0. The topological polar surface area (TPSA) is 73.7 Å². The molecule has 2 heterocycles. The molecule has 152 valence electrons. The third-order valence-electron chi connectivity index (χ3n) is 5.89. The van der Waals surface area contributed by atoms with Gasteiger partial charge in [0, 0.05) is 23.9 Å². The second-order valence-electron chi connectivity index (χ2n) is 7.96. The van der Waals surface area contributed by atoms with E-state index in [9.17, 15) is 15.0 Å². The Hall–Kier alpha value is -1.63. The molecule has 1 saturated heterocycles. The molecule has 0 saturated carbocycles. The summed E-state index contributed by atoms with van der Waals surface area (Å²) in [4.78, 5) is 19.1. The first-order chi connectivity index (χ1) is 13.4. The molecule has 1 aromatic carbocycles. The second kappa shape index (κ2) is 8.80. The Kier molecular flexibility index (Phi) is 6.63. The lowest BCUT2D eigenvalue weighted by atomic mass is 9.73. The molecule has 1 aromatic heterocycles. The van der Waals surface area contributed by atoms with Crippen LogP contribution in [0.25, 0.3) is 10.9 Å². The predicted octanol–water partition coefficient (Wildman–Crippen LogP) is 3.32. The van der Waals surface area contributed by atoms with Crippen LogP contribution in [0.4, 0.5) is 0 Å². The van der Waals surface area contributed by atoms with Gasteiger partial charge in [-0.25, -0.2) is 4.98 Å². The van der Waals surface area contributed by atoms with E-state index in [0.717, 1.165) is 34.3 Å². The van der Waals surface area contributed by atoms with Crippen LogP contribution in [0.5, 0.6) is 0 Å². The number of aliphatic hydroxyl groups is 2. The van der Waals surface area contributed by atoms with Gasteiger partial charge in [0.1, 0.15) is 0 Å². The van der Waals surface area contributed by atoms with Crippen LogP contribution in [-0.2, 0) is 4.79 Å². The summed E-state index contributed by atoms with van der Waals surface area (Å²) in [5, 5.41) is 22.3. The smallest absolute Gasteiger partial charge is 0.233 e. The Morgan fingerprint density at radius 1 is 1.36 bits per heavy atom. The first-order valence-corrected chi connectivity index (χ1v) is 10.9. The zero-order valence-electron chi connectivity index (χ0n) is 16.9. The van der Waals surface area contributed by atoms with Crippen molar-refractivity contribution in [1.82, 2.24) is 9.88 Å².